The largest absolute Gasteiger partial charge is 0.354 e. The molecular formula is C12H26N4O3S. The summed E-state index contributed by atoms with van der Waals surface area (Å²) in [6.45, 7) is 6.38. The van der Waals surface area contributed by atoms with Gasteiger partial charge in [0.1, 0.15) is 0 Å². The highest BCUT2D eigenvalue weighted by Crippen LogP contribution is 2.11. The molecule has 1 aliphatic heterocycles. The predicted molar refractivity (Wildman–Crippen MR) is 78.7 cm³/mol. The fourth-order valence-corrected chi connectivity index (χ4v) is 3.18. The number of hydrogen-bond donors (Lipinski definition) is 2. The van der Waals surface area contributed by atoms with Gasteiger partial charge in [-0.2, -0.15) is 4.31 Å². The number of piperazine rings is 1. The number of amides is 1. The van der Waals surface area contributed by atoms with E-state index in [0.717, 1.165) is 0 Å². The zero-order valence-electron chi connectivity index (χ0n) is 12.5. The van der Waals surface area contributed by atoms with Crippen LogP contribution in [0.15, 0.2) is 0 Å². The van der Waals surface area contributed by atoms with Crippen LogP contribution in [0.4, 0.5) is 0 Å². The highest BCUT2D eigenvalue weighted by molar-refractivity contribution is 7.88. The van der Waals surface area contributed by atoms with Crippen LogP contribution in [0, 0.1) is 0 Å². The Morgan fingerprint density at radius 1 is 1.25 bits per heavy atom. The van der Waals surface area contributed by atoms with Gasteiger partial charge in [-0.3, -0.25) is 9.69 Å². The number of rotatable bonds is 6. The molecular weight excluding hydrogens is 280 g/mol. The Morgan fingerprint density at radius 2 is 1.80 bits per heavy atom. The van der Waals surface area contributed by atoms with Gasteiger partial charge in [0.25, 0.3) is 0 Å². The van der Waals surface area contributed by atoms with Crippen LogP contribution in [-0.4, -0.2) is 74.6 Å². The van der Waals surface area contributed by atoms with Gasteiger partial charge in [0.2, 0.25) is 15.9 Å². The minimum absolute atomic E-state index is 0.0130. The van der Waals surface area contributed by atoms with Crippen molar-refractivity contribution in [2.75, 3.05) is 39.0 Å². The Labute approximate surface area is 121 Å². The van der Waals surface area contributed by atoms with E-state index in [1.54, 1.807) is 0 Å². The Balaban J connectivity index is 2.50. The highest BCUT2D eigenvalue weighted by atomic mass is 32.2. The molecule has 0 saturated carbocycles. The molecule has 7 nitrogen and oxygen atoms in total. The van der Waals surface area contributed by atoms with Crippen LogP contribution in [-0.2, 0) is 14.8 Å². The molecule has 3 N–H and O–H groups in total. The van der Waals surface area contributed by atoms with Crippen LogP contribution in [0.5, 0.6) is 0 Å². The van der Waals surface area contributed by atoms with E-state index >= 15 is 0 Å². The summed E-state index contributed by atoms with van der Waals surface area (Å²) in [4.78, 5) is 13.9. The van der Waals surface area contributed by atoms with Crippen molar-refractivity contribution in [3.05, 3.63) is 0 Å². The molecule has 1 amide bonds. The quantitative estimate of drug-likeness (QED) is 0.643. The smallest absolute Gasteiger partial charge is 0.221 e. The molecule has 1 aliphatic rings. The Bertz CT molecular complexity index is 416. The van der Waals surface area contributed by atoms with Crippen LogP contribution >= 0.6 is 0 Å². The summed E-state index contributed by atoms with van der Waals surface area (Å²) in [7, 11) is -3.12. The maximum absolute atomic E-state index is 11.8. The second-order valence-electron chi connectivity index (χ2n) is 5.51. The molecule has 0 bridgehead atoms. The summed E-state index contributed by atoms with van der Waals surface area (Å²) >= 11 is 0. The normalized spacial score (nSPS) is 20.1. The van der Waals surface area contributed by atoms with E-state index in [2.05, 4.69) is 10.2 Å². The van der Waals surface area contributed by atoms with Crippen molar-refractivity contribution in [3.63, 3.8) is 0 Å². The number of carbonyl (C=O) groups is 1. The van der Waals surface area contributed by atoms with Gasteiger partial charge in [0.05, 0.1) is 6.26 Å². The molecule has 1 saturated heterocycles. The topological polar surface area (TPSA) is 95.7 Å². The third kappa shape index (κ3) is 5.35. The van der Waals surface area contributed by atoms with Crippen molar-refractivity contribution < 1.29 is 13.2 Å². The lowest BCUT2D eigenvalue weighted by atomic mass is 10.1. The molecule has 0 aromatic rings. The molecule has 0 aromatic carbocycles. The Morgan fingerprint density at radius 3 is 2.20 bits per heavy atom. The summed E-state index contributed by atoms with van der Waals surface area (Å²) in [6.07, 6.45) is 1.58. The number of hydrogen-bond acceptors (Lipinski definition) is 5. The summed E-state index contributed by atoms with van der Waals surface area (Å²) in [5.74, 6) is -0.0130. The molecule has 1 atom stereocenters. The lowest BCUT2D eigenvalue weighted by molar-refractivity contribution is -0.122. The molecule has 0 aromatic heterocycles. The first-order chi connectivity index (χ1) is 9.24. The van der Waals surface area contributed by atoms with Gasteiger partial charge in [-0.05, 0) is 13.8 Å². The maximum atomic E-state index is 11.8. The first kappa shape index (κ1) is 17.4. The van der Waals surface area contributed by atoms with Gasteiger partial charge < -0.3 is 11.1 Å². The molecule has 1 heterocycles. The monoisotopic (exact) mass is 306 g/mol. The van der Waals surface area contributed by atoms with Crippen molar-refractivity contribution in [3.8, 4) is 0 Å². The number of nitrogens with one attached hydrogen (secondary N) is 1. The van der Waals surface area contributed by atoms with E-state index in [1.807, 2.05) is 13.8 Å². The summed E-state index contributed by atoms with van der Waals surface area (Å²) in [5, 5.41) is 2.85. The lowest BCUT2D eigenvalue weighted by Gasteiger charge is -2.37. The van der Waals surface area contributed by atoms with Gasteiger partial charge in [-0.15, -0.1) is 0 Å². The molecule has 8 heteroatoms. The van der Waals surface area contributed by atoms with Gasteiger partial charge in [0, 0.05) is 51.2 Å². The highest BCUT2D eigenvalue weighted by Gasteiger charge is 2.28. The van der Waals surface area contributed by atoms with E-state index in [1.165, 1.54) is 10.6 Å². The standard InChI is InChI=1S/C12H26N4O3S/c1-10(2)14-12(17)8-11(9-13)15-4-6-16(7-5-15)20(3,18)19/h10-11H,4-9,13H2,1-3H3,(H,14,17). The second-order valence-corrected chi connectivity index (χ2v) is 7.50. The van der Waals surface area contributed by atoms with Gasteiger partial charge >= 0.3 is 0 Å². The summed E-state index contributed by atoms with van der Waals surface area (Å²) in [6, 6.07) is 0.0819. The first-order valence-corrected chi connectivity index (χ1v) is 8.77. The van der Waals surface area contributed by atoms with E-state index in [9.17, 15) is 13.2 Å². The van der Waals surface area contributed by atoms with Crippen LogP contribution in [0.1, 0.15) is 20.3 Å². The number of nitrogens with two attached hydrogens (primary N) is 1. The predicted octanol–water partition coefficient (Wildman–Crippen LogP) is -1.19. The second kappa shape index (κ2) is 7.35. The van der Waals surface area contributed by atoms with E-state index in [-0.39, 0.29) is 18.0 Å². The molecule has 0 spiro atoms. The van der Waals surface area contributed by atoms with Crippen molar-refractivity contribution in [2.24, 2.45) is 5.73 Å². The fourth-order valence-electron chi connectivity index (χ4n) is 2.36. The molecule has 1 rings (SSSR count). The van der Waals surface area contributed by atoms with Crippen LogP contribution in [0.25, 0.3) is 0 Å². The van der Waals surface area contributed by atoms with Crippen molar-refractivity contribution in [2.45, 2.75) is 32.4 Å². The SMILES string of the molecule is CC(C)NC(=O)CC(CN)N1CCN(S(C)(=O)=O)CC1. The van der Waals surface area contributed by atoms with E-state index in [0.29, 0.717) is 39.1 Å². The average molecular weight is 306 g/mol. The Hall–Kier alpha value is -0.700. The van der Waals surface area contributed by atoms with E-state index in [4.69, 9.17) is 5.73 Å². The molecule has 1 unspecified atom stereocenters. The molecule has 118 valence electrons. The first-order valence-electron chi connectivity index (χ1n) is 6.92. The van der Waals surface area contributed by atoms with Crippen molar-refractivity contribution in [1.82, 2.24) is 14.5 Å². The van der Waals surface area contributed by atoms with Crippen LogP contribution < -0.4 is 11.1 Å². The van der Waals surface area contributed by atoms with E-state index < -0.39 is 10.0 Å². The van der Waals surface area contributed by atoms with Gasteiger partial charge in [-0.1, -0.05) is 0 Å². The zero-order chi connectivity index (χ0) is 15.3. The third-order valence-corrected chi connectivity index (χ3v) is 4.70. The lowest BCUT2D eigenvalue weighted by Crippen LogP contribution is -2.54. The molecule has 1 fully saturated rings. The van der Waals surface area contributed by atoms with Crippen molar-refractivity contribution >= 4 is 15.9 Å². The van der Waals surface area contributed by atoms with Gasteiger partial charge in [0.15, 0.2) is 0 Å². The summed E-state index contributed by atoms with van der Waals surface area (Å²) in [5.41, 5.74) is 5.75. The fraction of sp³-hybridized carbons (Fsp3) is 0.917. The number of sulfonamides is 1. The Kier molecular flexibility index (Phi) is 6.38. The average Bonchev–Trinajstić information content (AvgIpc) is 2.34. The maximum Gasteiger partial charge on any atom is 0.221 e. The van der Waals surface area contributed by atoms with Crippen molar-refractivity contribution in [1.29, 1.82) is 0 Å². The third-order valence-electron chi connectivity index (χ3n) is 3.40. The van der Waals surface area contributed by atoms with Crippen LogP contribution in [0.2, 0.25) is 0 Å². The van der Waals surface area contributed by atoms with Crippen LogP contribution in [0.3, 0.4) is 0 Å². The molecule has 0 aliphatic carbocycles. The summed E-state index contributed by atoms with van der Waals surface area (Å²) < 4.78 is 24.4. The molecule has 0 radical (unpaired) electrons. The minimum Gasteiger partial charge on any atom is -0.354 e. The number of nitrogens with zero attached hydrogens (tertiary/aromatic N) is 2. The number of carbonyl (C=O) groups excluding carboxylic acids is 1. The minimum atomic E-state index is -3.12. The van der Waals surface area contributed by atoms with Gasteiger partial charge in [-0.25, -0.2) is 8.42 Å². The zero-order valence-corrected chi connectivity index (χ0v) is 13.3. The molecule has 20 heavy (non-hydrogen) atoms.